The number of carbonyl (C=O) groups is 1. The van der Waals surface area contributed by atoms with Crippen molar-refractivity contribution in [2.45, 2.75) is 45.1 Å². The number of carbonyl (C=O) groups excluding carboxylic acids is 1. The fourth-order valence-electron chi connectivity index (χ4n) is 3.22. The average molecular weight is 285 g/mol. The van der Waals surface area contributed by atoms with Gasteiger partial charge in [0.1, 0.15) is 11.3 Å². The fourth-order valence-corrected chi connectivity index (χ4v) is 3.22. The maximum atomic E-state index is 12.4. The maximum Gasteiger partial charge on any atom is 0.223 e. The van der Waals surface area contributed by atoms with Crippen molar-refractivity contribution in [3.63, 3.8) is 0 Å². The van der Waals surface area contributed by atoms with Crippen molar-refractivity contribution in [3.8, 4) is 0 Å². The second-order valence-corrected chi connectivity index (χ2v) is 6.22. The van der Waals surface area contributed by atoms with E-state index >= 15 is 0 Å². The van der Waals surface area contributed by atoms with E-state index in [1.807, 2.05) is 49.2 Å². The number of hydrogen-bond donors (Lipinski definition) is 0. The van der Waals surface area contributed by atoms with Crippen molar-refractivity contribution in [2.75, 3.05) is 7.05 Å². The molecule has 1 heterocycles. The number of para-hydroxylation sites is 1. The van der Waals surface area contributed by atoms with Gasteiger partial charge in [-0.15, -0.1) is 0 Å². The van der Waals surface area contributed by atoms with Gasteiger partial charge in [0, 0.05) is 18.9 Å². The lowest BCUT2D eigenvalue weighted by Gasteiger charge is -2.24. The summed E-state index contributed by atoms with van der Waals surface area (Å²) in [5, 5.41) is 1.09. The Morgan fingerprint density at radius 2 is 2.05 bits per heavy atom. The summed E-state index contributed by atoms with van der Waals surface area (Å²) in [4.78, 5) is 14.2. The van der Waals surface area contributed by atoms with E-state index in [-0.39, 0.29) is 11.9 Å². The van der Waals surface area contributed by atoms with Gasteiger partial charge in [-0.3, -0.25) is 4.79 Å². The second kappa shape index (κ2) is 5.92. The van der Waals surface area contributed by atoms with E-state index in [4.69, 9.17) is 4.42 Å². The summed E-state index contributed by atoms with van der Waals surface area (Å²) in [7, 11) is 1.88. The summed E-state index contributed by atoms with van der Waals surface area (Å²) >= 11 is 0. The fraction of sp³-hybridized carbons (Fsp3) is 0.500. The molecule has 0 N–H and O–H groups in total. The van der Waals surface area contributed by atoms with E-state index < -0.39 is 0 Å². The molecule has 112 valence electrons. The molecule has 1 fully saturated rings. The van der Waals surface area contributed by atoms with Gasteiger partial charge in [-0.1, -0.05) is 31.0 Å². The van der Waals surface area contributed by atoms with Crippen LogP contribution in [-0.2, 0) is 4.79 Å². The molecule has 1 unspecified atom stereocenters. The Labute approximate surface area is 125 Å². The minimum absolute atomic E-state index is 0.0219. The first-order chi connectivity index (χ1) is 10.1. The molecule has 3 rings (SSSR count). The van der Waals surface area contributed by atoms with Crippen LogP contribution in [0.25, 0.3) is 11.0 Å². The molecule has 1 aliphatic carbocycles. The molecular weight excluding hydrogens is 262 g/mol. The van der Waals surface area contributed by atoms with Gasteiger partial charge in [-0.2, -0.15) is 0 Å². The average Bonchev–Trinajstić information content (AvgIpc) is 3.14. The molecule has 0 spiro atoms. The Kier molecular flexibility index (Phi) is 4.00. The Morgan fingerprint density at radius 1 is 1.33 bits per heavy atom. The first-order valence-electron chi connectivity index (χ1n) is 7.89. The number of fused-ring (bicyclic) bond motifs is 1. The van der Waals surface area contributed by atoms with Crippen LogP contribution in [0.15, 0.2) is 34.7 Å². The second-order valence-electron chi connectivity index (χ2n) is 6.22. The smallest absolute Gasteiger partial charge is 0.223 e. The van der Waals surface area contributed by atoms with Crippen LogP contribution >= 0.6 is 0 Å². The molecule has 1 aromatic heterocycles. The SMILES string of the molecule is CC(c1cc2ccccc2o1)N(C)C(=O)CC1CCCC1. The molecular formula is C18H23NO2. The van der Waals surface area contributed by atoms with Gasteiger partial charge in [-0.25, -0.2) is 0 Å². The molecule has 3 nitrogen and oxygen atoms in total. The van der Waals surface area contributed by atoms with Crippen LogP contribution in [0.1, 0.15) is 50.8 Å². The molecule has 0 saturated heterocycles. The Balaban J connectivity index is 1.70. The minimum Gasteiger partial charge on any atom is -0.459 e. The number of rotatable bonds is 4. The standard InChI is InChI=1S/C18H23NO2/c1-13(17-12-15-9-5-6-10-16(15)21-17)19(2)18(20)11-14-7-3-4-8-14/h5-6,9-10,12-14H,3-4,7-8,11H2,1-2H3. The van der Waals surface area contributed by atoms with Gasteiger partial charge >= 0.3 is 0 Å². The van der Waals surface area contributed by atoms with Crippen molar-refractivity contribution in [2.24, 2.45) is 5.92 Å². The molecule has 3 heteroatoms. The van der Waals surface area contributed by atoms with E-state index in [2.05, 4.69) is 0 Å². The van der Waals surface area contributed by atoms with E-state index in [1.165, 1.54) is 25.7 Å². The van der Waals surface area contributed by atoms with Gasteiger partial charge in [0.2, 0.25) is 5.91 Å². The van der Waals surface area contributed by atoms with Crippen molar-refractivity contribution < 1.29 is 9.21 Å². The van der Waals surface area contributed by atoms with Crippen molar-refractivity contribution in [1.29, 1.82) is 0 Å². The van der Waals surface area contributed by atoms with Crippen LogP contribution in [0.4, 0.5) is 0 Å². The zero-order valence-corrected chi connectivity index (χ0v) is 12.8. The largest absolute Gasteiger partial charge is 0.459 e. The Morgan fingerprint density at radius 3 is 2.76 bits per heavy atom. The number of nitrogens with zero attached hydrogens (tertiary/aromatic N) is 1. The predicted octanol–water partition coefficient (Wildman–Crippen LogP) is 4.53. The van der Waals surface area contributed by atoms with Crippen LogP contribution < -0.4 is 0 Å². The Hall–Kier alpha value is -1.77. The quantitative estimate of drug-likeness (QED) is 0.826. The van der Waals surface area contributed by atoms with Gasteiger partial charge in [0.05, 0.1) is 6.04 Å². The number of benzene rings is 1. The normalized spacial score (nSPS) is 17.2. The van der Waals surface area contributed by atoms with E-state index in [9.17, 15) is 4.79 Å². The molecule has 0 aliphatic heterocycles. The molecule has 2 aromatic rings. The molecule has 1 atom stereocenters. The van der Waals surface area contributed by atoms with Crippen LogP contribution in [0.2, 0.25) is 0 Å². The van der Waals surface area contributed by atoms with Crippen LogP contribution in [0.5, 0.6) is 0 Å². The maximum absolute atomic E-state index is 12.4. The highest BCUT2D eigenvalue weighted by Crippen LogP contribution is 2.30. The third-order valence-electron chi connectivity index (χ3n) is 4.77. The highest BCUT2D eigenvalue weighted by Gasteiger charge is 2.24. The molecule has 1 amide bonds. The summed E-state index contributed by atoms with van der Waals surface area (Å²) in [6.07, 6.45) is 5.65. The van der Waals surface area contributed by atoms with Crippen LogP contribution in [-0.4, -0.2) is 17.9 Å². The zero-order chi connectivity index (χ0) is 14.8. The van der Waals surface area contributed by atoms with E-state index in [0.717, 1.165) is 16.7 Å². The molecule has 1 aliphatic rings. The van der Waals surface area contributed by atoms with Gasteiger partial charge in [0.25, 0.3) is 0 Å². The number of hydrogen-bond acceptors (Lipinski definition) is 2. The van der Waals surface area contributed by atoms with Gasteiger partial charge in [0.15, 0.2) is 0 Å². The van der Waals surface area contributed by atoms with Crippen molar-refractivity contribution in [3.05, 3.63) is 36.1 Å². The molecule has 1 saturated carbocycles. The van der Waals surface area contributed by atoms with Crippen LogP contribution in [0.3, 0.4) is 0 Å². The third kappa shape index (κ3) is 2.97. The van der Waals surface area contributed by atoms with E-state index in [1.54, 1.807) is 0 Å². The highest BCUT2D eigenvalue weighted by molar-refractivity contribution is 5.79. The van der Waals surface area contributed by atoms with Crippen molar-refractivity contribution >= 4 is 16.9 Å². The summed E-state index contributed by atoms with van der Waals surface area (Å²) in [5.41, 5.74) is 0.885. The minimum atomic E-state index is -0.0219. The molecule has 0 bridgehead atoms. The van der Waals surface area contributed by atoms with E-state index in [0.29, 0.717) is 12.3 Å². The zero-order valence-electron chi connectivity index (χ0n) is 12.8. The highest BCUT2D eigenvalue weighted by atomic mass is 16.3. The third-order valence-corrected chi connectivity index (χ3v) is 4.77. The summed E-state index contributed by atoms with van der Waals surface area (Å²) in [6, 6.07) is 9.99. The van der Waals surface area contributed by atoms with Gasteiger partial charge in [-0.05, 0) is 37.8 Å². The summed E-state index contributed by atoms with van der Waals surface area (Å²) in [5.74, 6) is 1.68. The topological polar surface area (TPSA) is 33.5 Å². The first kappa shape index (κ1) is 14.2. The molecule has 21 heavy (non-hydrogen) atoms. The lowest BCUT2D eigenvalue weighted by molar-refractivity contribution is -0.133. The lowest BCUT2D eigenvalue weighted by atomic mass is 10.0. The lowest BCUT2D eigenvalue weighted by Crippen LogP contribution is -2.30. The predicted molar refractivity (Wildman–Crippen MR) is 84.0 cm³/mol. The molecule has 1 aromatic carbocycles. The van der Waals surface area contributed by atoms with Crippen LogP contribution in [0, 0.1) is 5.92 Å². The summed E-state index contributed by atoms with van der Waals surface area (Å²) < 4.78 is 5.88. The van der Waals surface area contributed by atoms with Crippen molar-refractivity contribution in [1.82, 2.24) is 4.90 Å². The summed E-state index contributed by atoms with van der Waals surface area (Å²) in [6.45, 7) is 2.03. The number of amides is 1. The first-order valence-corrected chi connectivity index (χ1v) is 7.89. The molecule has 0 radical (unpaired) electrons. The monoisotopic (exact) mass is 285 g/mol. The number of furan rings is 1. The van der Waals surface area contributed by atoms with Gasteiger partial charge < -0.3 is 9.32 Å². The Bertz CT molecular complexity index is 592.